The molecule has 232 valence electrons. The molecule has 1 saturated heterocycles. The summed E-state index contributed by atoms with van der Waals surface area (Å²) < 4.78 is 23.8. The summed E-state index contributed by atoms with van der Waals surface area (Å²) in [4.78, 5) is 40.1. The van der Waals surface area contributed by atoms with E-state index in [0.717, 1.165) is 25.7 Å². The van der Waals surface area contributed by atoms with Gasteiger partial charge in [0, 0.05) is 17.8 Å². The van der Waals surface area contributed by atoms with Crippen LogP contribution in [0, 0.1) is 45.3 Å². The number of rotatable bonds is 8. The number of fused-ring (bicyclic) bond motifs is 1. The molecule has 3 saturated carbocycles. The Morgan fingerprint density at radius 3 is 2.29 bits per heavy atom. The van der Waals surface area contributed by atoms with Crippen LogP contribution in [-0.2, 0) is 33.3 Å². The Bertz CT molecular complexity index is 1250. The van der Waals surface area contributed by atoms with Gasteiger partial charge in [0.15, 0.2) is 0 Å². The van der Waals surface area contributed by atoms with Crippen LogP contribution in [-0.4, -0.2) is 49.9 Å². The third kappa shape index (κ3) is 3.46. The van der Waals surface area contributed by atoms with E-state index in [0.29, 0.717) is 41.7 Å². The van der Waals surface area contributed by atoms with Gasteiger partial charge in [-0.3, -0.25) is 4.79 Å². The molecule has 7 nitrogen and oxygen atoms in total. The van der Waals surface area contributed by atoms with Gasteiger partial charge in [-0.25, -0.2) is 9.59 Å². The normalized spacial score (nSPS) is 45.0. The van der Waals surface area contributed by atoms with Gasteiger partial charge >= 0.3 is 17.9 Å². The zero-order valence-electron chi connectivity index (χ0n) is 26.8. The third-order valence-corrected chi connectivity index (χ3v) is 13.2. The number of esters is 3. The van der Waals surface area contributed by atoms with Gasteiger partial charge in [0.05, 0.1) is 36.9 Å². The number of methoxy groups -OCH3 is 2. The molecule has 0 aromatic rings. The Balaban J connectivity index is 1.53. The third-order valence-electron chi connectivity index (χ3n) is 13.2. The Morgan fingerprint density at radius 1 is 0.952 bits per heavy atom. The number of allylic oxidation sites excluding steroid dienone is 1. The molecule has 2 bridgehead atoms. The van der Waals surface area contributed by atoms with Crippen LogP contribution >= 0.6 is 0 Å². The number of carbonyl (C=O) groups excluding carboxylic acids is 3. The molecule has 0 amide bonds. The van der Waals surface area contributed by atoms with Crippen LogP contribution in [0.2, 0.25) is 0 Å². The summed E-state index contributed by atoms with van der Waals surface area (Å²) in [7, 11) is 2.79. The maximum atomic E-state index is 14.1. The van der Waals surface area contributed by atoms with Crippen LogP contribution in [0.1, 0.15) is 99.3 Å². The van der Waals surface area contributed by atoms with Gasteiger partial charge in [0.25, 0.3) is 0 Å². The first-order chi connectivity index (χ1) is 19.8. The Kier molecular flexibility index (Phi) is 6.89. The van der Waals surface area contributed by atoms with Crippen molar-refractivity contribution in [2.45, 2.75) is 117 Å². The SMILES string of the molecule is COC(=O)C1=C(C(=O)OC)[C@]23C=C[C@]14C[C@@H](OC(C)=O)CC[C@]4(C)[C@]21O[C@@H]1C[C@]1(C)[C@@H]([C@H](C)CCCC(C)C)CC[C@H]13. The highest BCUT2D eigenvalue weighted by atomic mass is 16.6. The summed E-state index contributed by atoms with van der Waals surface area (Å²) in [5.41, 5.74) is -1.94. The van der Waals surface area contributed by atoms with Gasteiger partial charge in [0.1, 0.15) is 11.7 Å². The van der Waals surface area contributed by atoms with Crippen molar-refractivity contribution in [1.29, 1.82) is 0 Å². The molecule has 10 atom stereocenters. The second-order valence-electron chi connectivity index (χ2n) is 15.3. The second-order valence-corrected chi connectivity index (χ2v) is 15.3. The zero-order valence-corrected chi connectivity index (χ0v) is 26.8. The van der Waals surface area contributed by atoms with Gasteiger partial charge in [-0.15, -0.1) is 0 Å². The van der Waals surface area contributed by atoms with Crippen molar-refractivity contribution in [2.75, 3.05) is 14.2 Å². The fourth-order valence-corrected chi connectivity index (χ4v) is 11.7. The van der Waals surface area contributed by atoms with Gasteiger partial charge in [-0.2, -0.15) is 0 Å². The number of ether oxygens (including phenoxy) is 4. The molecule has 6 aliphatic carbocycles. The van der Waals surface area contributed by atoms with E-state index in [1.165, 1.54) is 40.4 Å². The molecule has 0 radical (unpaired) electrons. The van der Waals surface area contributed by atoms with Gasteiger partial charge < -0.3 is 18.9 Å². The number of epoxide rings is 1. The molecular weight excluding hydrogens is 532 g/mol. The van der Waals surface area contributed by atoms with Crippen LogP contribution in [0.3, 0.4) is 0 Å². The van der Waals surface area contributed by atoms with E-state index in [1.807, 2.05) is 0 Å². The lowest BCUT2D eigenvalue weighted by molar-refractivity contribution is -0.176. The maximum Gasteiger partial charge on any atom is 0.335 e. The van der Waals surface area contributed by atoms with Crippen molar-refractivity contribution in [3.8, 4) is 0 Å². The van der Waals surface area contributed by atoms with E-state index in [2.05, 4.69) is 46.8 Å². The minimum atomic E-state index is -0.867. The predicted molar refractivity (Wildman–Crippen MR) is 157 cm³/mol. The lowest BCUT2D eigenvalue weighted by atomic mass is 9.31. The van der Waals surface area contributed by atoms with Crippen LogP contribution in [0.4, 0.5) is 0 Å². The fourth-order valence-electron chi connectivity index (χ4n) is 11.7. The topological polar surface area (TPSA) is 91.4 Å². The molecule has 42 heavy (non-hydrogen) atoms. The van der Waals surface area contributed by atoms with Crippen molar-refractivity contribution in [3.05, 3.63) is 23.3 Å². The van der Waals surface area contributed by atoms with Crippen molar-refractivity contribution >= 4 is 17.9 Å². The van der Waals surface area contributed by atoms with Gasteiger partial charge in [-0.1, -0.05) is 66.0 Å². The summed E-state index contributed by atoms with van der Waals surface area (Å²) >= 11 is 0. The molecule has 4 fully saturated rings. The molecule has 7 aliphatic rings. The first kappa shape index (κ1) is 29.9. The standard InChI is InChI=1S/C35H50O7/c1-20(2)10-9-11-21(3)24-12-13-25-31(24,5)19-26-35(42-26)32(6)15-14-23(41-22(4)36)18-33(32)16-17-34(25,35)28(30(38)40-8)27(33)29(37)39-7/h16-17,20-21,23-26H,9-15,18-19H2,1-8H3/t21-,23+,24-,25-,26-,31-,32+,33+,34-,35+/m1/s1. The summed E-state index contributed by atoms with van der Waals surface area (Å²) in [5.74, 6) is 0.611. The average Bonchev–Trinajstić information content (AvgIpc) is 3.55. The molecule has 7 heteroatoms. The summed E-state index contributed by atoms with van der Waals surface area (Å²) in [6.45, 7) is 13.1. The second kappa shape index (κ2) is 9.67. The quantitative estimate of drug-likeness (QED) is 0.143. The van der Waals surface area contributed by atoms with E-state index < -0.39 is 33.8 Å². The molecule has 0 unspecified atom stereocenters. The van der Waals surface area contributed by atoms with E-state index in [4.69, 9.17) is 18.9 Å². The minimum Gasteiger partial charge on any atom is -0.466 e. The Morgan fingerprint density at radius 2 is 1.64 bits per heavy atom. The number of hydrogen-bond donors (Lipinski definition) is 0. The molecule has 0 N–H and O–H groups in total. The molecule has 0 aromatic carbocycles. The summed E-state index contributed by atoms with van der Waals surface area (Å²) in [6, 6.07) is 0. The van der Waals surface area contributed by atoms with Crippen molar-refractivity contribution < 1.29 is 33.3 Å². The fraction of sp³-hybridized carbons (Fsp3) is 0.800. The smallest absolute Gasteiger partial charge is 0.335 e. The first-order valence-corrected chi connectivity index (χ1v) is 16.3. The highest BCUT2D eigenvalue weighted by Gasteiger charge is 2.91. The van der Waals surface area contributed by atoms with Crippen LogP contribution in [0.5, 0.6) is 0 Å². The average molecular weight is 583 g/mol. The molecule has 0 aromatic heterocycles. The first-order valence-electron chi connectivity index (χ1n) is 16.3. The van der Waals surface area contributed by atoms with Crippen molar-refractivity contribution in [1.82, 2.24) is 0 Å². The largest absolute Gasteiger partial charge is 0.466 e. The van der Waals surface area contributed by atoms with Gasteiger partial charge in [-0.05, 0) is 67.6 Å². The molecule has 7 rings (SSSR count). The molecular formula is C35H50O7. The predicted octanol–water partition coefficient (Wildman–Crippen LogP) is 6.34. The van der Waals surface area contributed by atoms with Gasteiger partial charge in [0.2, 0.25) is 0 Å². The zero-order chi connectivity index (χ0) is 30.5. The summed E-state index contributed by atoms with van der Waals surface area (Å²) in [6.07, 6.45) is 12.6. The molecule has 3 spiro atoms. The Labute approximate surface area is 251 Å². The van der Waals surface area contributed by atoms with Crippen molar-refractivity contribution in [2.24, 2.45) is 45.3 Å². The maximum absolute atomic E-state index is 14.1. The minimum absolute atomic E-state index is 0.0133. The number of carbonyl (C=O) groups is 3. The lowest BCUT2D eigenvalue weighted by Crippen LogP contribution is -2.73. The van der Waals surface area contributed by atoms with E-state index >= 15 is 0 Å². The van der Waals surface area contributed by atoms with E-state index in [9.17, 15) is 14.4 Å². The Hall–Kier alpha value is -2.15. The van der Waals surface area contributed by atoms with E-state index in [-0.39, 0.29) is 29.5 Å². The van der Waals surface area contributed by atoms with Crippen LogP contribution < -0.4 is 0 Å². The van der Waals surface area contributed by atoms with Crippen LogP contribution in [0.25, 0.3) is 0 Å². The number of hydrogen-bond acceptors (Lipinski definition) is 7. The highest BCUT2D eigenvalue weighted by molar-refractivity contribution is 6.05. The lowest BCUT2D eigenvalue weighted by Gasteiger charge is -2.70. The van der Waals surface area contributed by atoms with E-state index in [1.54, 1.807) is 0 Å². The highest BCUT2D eigenvalue weighted by Crippen LogP contribution is 2.87. The summed E-state index contributed by atoms with van der Waals surface area (Å²) in [5, 5.41) is 0. The van der Waals surface area contributed by atoms with Crippen LogP contribution in [0.15, 0.2) is 23.3 Å². The molecule has 1 aliphatic heterocycles. The monoisotopic (exact) mass is 582 g/mol. The molecule has 1 heterocycles. The van der Waals surface area contributed by atoms with Crippen molar-refractivity contribution in [3.63, 3.8) is 0 Å².